The summed E-state index contributed by atoms with van der Waals surface area (Å²) in [6.07, 6.45) is 1.19. The van der Waals surface area contributed by atoms with Crippen molar-refractivity contribution in [3.05, 3.63) is 48.0 Å². The highest BCUT2D eigenvalue weighted by atomic mass is 32.2. The van der Waals surface area contributed by atoms with E-state index in [9.17, 15) is 18.0 Å². The van der Waals surface area contributed by atoms with Crippen LogP contribution in [0, 0.1) is 5.92 Å². The molecule has 4 rings (SSSR count). The Labute approximate surface area is 193 Å². The third kappa shape index (κ3) is 5.12. The molecule has 0 saturated carbocycles. The number of ether oxygens (including phenoxy) is 2. The van der Waals surface area contributed by atoms with Gasteiger partial charge in [0.1, 0.15) is 11.5 Å². The third-order valence-corrected chi connectivity index (χ3v) is 7.56. The number of hydrogen-bond acceptors (Lipinski definition) is 6. The van der Waals surface area contributed by atoms with Crippen LogP contribution in [-0.4, -0.2) is 50.8 Å². The fourth-order valence-corrected chi connectivity index (χ4v) is 5.57. The van der Waals surface area contributed by atoms with Gasteiger partial charge >= 0.3 is 0 Å². The van der Waals surface area contributed by atoms with E-state index in [1.165, 1.54) is 22.5 Å². The Kier molecular flexibility index (Phi) is 6.85. The summed E-state index contributed by atoms with van der Waals surface area (Å²) >= 11 is 0. The molecule has 1 atom stereocenters. The topological polar surface area (TPSA) is 114 Å². The lowest BCUT2D eigenvalue weighted by molar-refractivity contribution is -0.126. The van der Waals surface area contributed by atoms with Gasteiger partial charge in [-0.1, -0.05) is 18.2 Å². The molecule has 2 N–H and O–H groups in total. The van der Waals surface area contributed by atoms with Gasteiger partial charge in [-0.3, -0.25) is 9.59 Å². The number of fused-ring (bicyclic) bond motifs is 1. The molecule has 10 heteroatoms. The molecule has 33 heavy (non-hydrogen) atoms. The van der Waals surface area contributed by atoms with Crippen LogP contribution in [-0.2, 0) is 26.2 Å². The van der Waals surface area contributed by atoms with E-state index in [2.05, 4.69) is 10.6 Å². The highest BCUT2D eigenvalue weighted by Gasteiger charge is 2.34. The second-order valence-corrected chi connectivity index (χ2v) is 9.89. The summed E-state index contributed by atoms with van der Waals surface area (Å²) in [6.45, 7) is 3.06. The number of amides is 2. The molecular formula is C23H27N3O6S. The van der Waals surface area contributed by atoms with Gasteiger partial charge in [-0.2, -0.15) is 4.31 Å². The maximum absolute atomic E-state index is 13.2. The number of carbonyl (C=O) groups excluding carboxylic acids is 2. The zero-order valence-corrected chi connectivity index (χ0v) is 19.2. The maximum atomic E-state index is 13.2. The summed E-state index contributed by atoms with van der Waals surface area (Å²) in [5.41, 5.74) is 1.19. The predicted molar refractivity (Wildman–Crippen MR) is 122 cm³/mol. The number of para-hydroxylation sites is 1. The van der Waals surface area contributed by atoms with E-state index in [1.54, 1.807) is 0 Å². The fourth-order valence-electron chi connectivity index (χ4n) is 4.02. The van der Waals surface area contributed by atoms with E-state index in [1.807, 2.05) is 31.2 Å². The van der Waals surface area contributed by atoms with Gasteiger partial charge in [0, 0.05) is 25.2 Å². The maximum Gasteiger partial charge on any atom is 0.262 e. The van der Waals surface area contributed by atoms with Gasteiger partial charge in [0.25, 0.3) is 5.91 Å². The van der Waals surface area contributed by atoms with E-state index < -0.39 is 15.9 Å². The number of rotatable bonds is 7. The predicted octanol–water partition coefficient (Wildman–Crippen LogP) is 2.13. The van der Waals surface area contributed by atoms with Crippen LogP contribution < -0.4 is 20.1 Å². The summed E-state index contributed by atoms with van der Waals surface area (Å²) in [5, 5.41) is 5.55. The standard InChI is InChI=1S/C23H27N3O6S/c1-2-31-20-8-4-3-6-16(20)13-24-23(28)17-7-5-11-26(14-17)33(29,30)18-9-10-21-19(12-18)25-22(27)15-32-21/h3-4,6,8-10,12,17H,2,5,7,11,13-15H2,1H3,(H,24,28)(H,25,27)/t17-/m1/s1. The Bertz CT molecular complexity index is 1150. The molecule has 0 aromatic heterocycles. The number of nitrogens with one attached hydrogen (secondary N) is 2. The summed E-state index contributed by atoms with van der Waals surface area (Å²) in [5.74, 6) is 0.173. The highest BCUT2D eigenvalue weighted by Crippen LogP contribution is 2.32. The van der Waals surface area contributed by atoms with E-state index in [4.69, 9.17) is 9.47 Å². The monoisotopic (exact) mass is 473 g/mol. The van der Waals surface area contributed by atoms with E-state index in [0.29, 0.717) is 44.0 Å². The summed E-state index contributed by atoms with van der Waals surface area (Å²) in [6, 6.07) is 11.9. The number of anilines is 1. The van der Waals surface area contributed by atoms with Crippen LogP contribution in [0.4, 0.5) is 5.69 Å². The molecule has 176 valence electrons. The average Bonchev–Trinajstić information content (AvgIpc) is 2.83. The van der Waals surface area contributed by atoms with Crippen molar-refractivity contribution in [3.63, 3.8) is 0 Å². The summed E-state index contributed by atoms with van der Waals surface area (Å²) < 4.78 is 38.7. The molecule has 1 fully saturated rings. The molecule has 0 bridgehead atoms. The molecule has 0 aliphatic carbocycles. The Balaban J connectivity index is 1.43. The zero-order chi connectivity index (χ0) is 23.4. The van der Waals surface area contributed by atoms with Gasteiger partial charge in [-0.15, -0.1) is 0 Å². The molecule has 2 heterocycles. The van der Waals surface area contributed by atoms with Crippen molar-refractivity contribution in [2.45, 2.75) is 31.2 Å². The summed E-state index contributed by atoms with van der Waals surface area (Å²) in [4.78, 5) is 24.5. The molecule has 2 aromatic carbocycles. The van der Waals surface area contributed by atoms with E-state index >= 15 is 0 Å². The van der Waals surface area contributed by atoms with Crippen molar-refractivity contribution < 1.29 is 27.5 Å². The fraction of sp³-hybridized carbons (Fsp3) is 0.391. The quantitative estimate of drug-likeness (QED) is 0.637. The normalized spacial score (nSPS) is 18.6. The lowest BCUT2D eigenvalue weighted by atomic mass is 9.98. The number of sulfonamides is 1. The second kappa shape index (κ2) is 9.80. The Morgan fingerprint density at radius 3 is 2.91 bits per heavy atom. The van der Waals surface area contributed by atoms with Crippen LogP contribution in [0.25, 0.3) is 0 Å². The molecule has 0 unspecified atom stereocenters. The molecule has 2 aliphatic rings. The molecule has 2 amide bonds. The van der Waals surface area contributed by atoms with Crippen molar-refractivity contribution in [2.24, 2.45) is 5.92 Å². The average molecular weight is 474 g/mol. The van der Waals surface area contributed by atoms with Crippen molar-refractivity contribution in [1.29, 1.82) is 0 Å². The number of carbonyl (C=O) groups is 2. The van der Waals surface area contributed by atoms with E-state index in [0.717, 1.165) is 11.3 Å². The Morgan fingerprint density at radius 1 is 1.27 bits per heavy atom. The van der Waals surface area contributed by atoms with Gasteiger partial charge in [0.05, 0.1) is 23.1 Å². The minimum absolute atomic E-state index is 0.0544. The number of piperidine rings is 1. The third-order valence-electron chi connectivity index (χ3n) is 5.70. The van der Waals surface area contributed by atoms with E-state index in [-0.39, 0.29) is 29.9 Å². The number of nitrogens with zero attached hydrogens (tertiary/aromatic N) is 1. The van der Waals surface area contributed by atoms with Crippen molar-refractivity contribution in [3.8, 4) is 11.5 Å². The molecule has 0 spiro atoms. The molecule has 1 saturated heterocycles. The Hall–Kier alpha value is -3.11. The SMILES string of the molecule is CCOc1ccccc1CNC(=O)[C@@H]1CCCN(S(=O)(=O)c2ccc3c(c2)NC(=O)CO3)C1. The molecule has 0 radical (unpaired) electrons. The van der Waals surface area contributed by atoms with Crippen LogP contribution in [0.3, 0.4) is 0 Å². The Morgan fingerprint density at radius 2 is 2.09 bits per heavy atom. The molecular weight excluding hydrogens is 446 g/mol. The number of hydrogen-bond donors (Lipinski definition) is 2. The van der Waals surface area contributed by atoms with Gasteiger partial charge in [0.15, 0.2) is 6.61 Å². The minimum atomic E-state index is -3.83. The number of benzene rings is 2. The van der Waals surface area contributed by atoms with Crippen LogP contribution in [0.15, 0.2) is 47.4 Å². The zero-order valence-electron chi connectivity index (χ0n) is 18.4. The first-order chi connectivity index (χ1) is 15.9. The lowest BCUT2D eigenvalue weighted by Crippen LogP contribution is -2.45. The molecule has 9 nitrogen and oxygen atoms in total. The van der Waals surface area contributed by atoms with Gasteiger partial charge < -0.3 is 20.1 Å². The first-order valence-electron chi connectivity index (χ1n) is 10.9. The largest absolute Gasteiger partial charge is 0.494 e. The van der Waals surface area contributed by atoms with Gasteiger partial charge in [-0.25, -0.2) is 8.42 Å². The first-order valence-corrected chi connectivity index (χ1v) is 12.4. The van der Waals surface area contributed by atoms with Crippen LogP contribution in [0.2, 0.25) is 0 Å². The van der Waals surface area contributed by atoms with Crippen LogP contribution >= 0.6 is 0 Å². The van der Waals surface area contributed by atoms with Gasteiger partial charge in [-0.05, 0) is 44.0 Å². The lowest BCUT2D eigenvalue weighted by Gasteiger charge is -2.31. The van der Waals surface area contributed by atoms with Crippen LogP contribution in [0.1, 0.15) is 25.3 Å². The van der Waals surface area contributed by atoms with Crippen LogP contribution in [0.5, 0.6) is 11.5 Å². The summed E-state index contributed by atoms with van der Waals surface area (Å²) in [7, 11) is -3.83. The van der Waals surface area contributed by atoms with Crippen molar-refractivity contribution in [1.82, 2.24) is 9.62 Å². The van der Waals surface area contributed by atoms with Crippen molar-refractivity contribution >= 4 is 27.5 Å². The first kappa shape index (κ1) is 23.1. The molecule has 2 aliphatic heterocycles. The highest BCUT2D eigenvalue weighted by molar-refractivity contribution is 7.89. The second-order valence-electron chi connectivity index (χ2n) is 7.96. The van der Waals surface area contributed by atoms with Gasteiger partial charge in [0.2, 0.25) is 15.9 Å². The smallest absolute Gasteiger partial charge is 0.262 e. The van der Waals surface area contributed by atoms with Crippen molar-refractivity contribution in [2.75, 3.05) is 31.6 Å². The minimum Gasteiger partial charge on any atom is -0.494 e. The molecule has 2 aromatic rings.